The molecular weight excluding hydrogens is 567 g/mol. The molecular formula is C27H27F5N6O4. The number of likely N-dealkylation sites (tertiary alicyclic amines) is 1. The van der Waals surface area contributed by atoms with Gasteiger partial charge in [0.2, 0.25) is 29.5 Å². The lowest BCUT2D eigenvalue weighted by Crippen LogP contribution is -2.40. The van der Waals surface area contributed by atoms with Gasteiger partial charge in [-0.05, 0) is 31.9 Å². The average Bonchev–Trinajstić information content (AvgIpc) is 2.93. The lowest BCUT2D eigenvalue weighted by atomic mass is 9.85. The molecule has 224 valence electrons. The van der Waals surface area contributed by atoms with Gasteiger partial charge in [-0.15, -0.1) is 0 Å². The summed E-state index contributed by atoms with van der Waals surface area (Å²) in [4.78, 5) is 40.9. The first-order valence-corrected chi connectivity index (χ1v) is 12.9. The third-order valence-corrected chi connectivity index (χ3v) is 6.70. The molecule has 1 saturated heterocycles. The molecule has 0 spiro atoms. The molecule has 0 bridgehead atoms. The van der Waals surface area contributed by atoms with Gasteiger partial charge in [-0.2, -0.15) is 18.2 Å². The first-order chi connectivity index (χ1) is 19.7. The van der Waals surface area contributed by atoms with Gasteiger partial charge in [-0.1, -0.05) is 6.07 Å². The summed E-state index contributed by atoms with van der Waals surface area (Å²) in [7, 11) is 0. The van der Waals surface area contributed by atoms with E-state index in [1.165, 1.54) is 31.0 Å². The van der Waals surface area contributed by atoms with E-state index in [0.29, 0.717) is 18.5 Å². The third kappa shape index (κ3) is 7.32. The molecule has 1 aliphatic rings. The summed E-state index contributed by atoms with van der Waals surface area (Å²) in [5.74, 6) is -4.69. The van der Waals surface area contributed by atoms with E-state index in [-0.39, 0.29) is 36.1 Å². The van der Waals surface area contributed by atoms with E-state index in [0.717, 1.165) is 24.4 Å². The van der Waals surface area contributed by atoms with Crippen molar-refractivity contribution in [2.24, 2.45) is 0 Å². The van der Waals surface area contributed by atoms with Crippen LogP contribution < -0.4 is 10.1 Å². The summed E-state index contributed by atoms with van der Waals surface area (Å²) in [5.41, 5.74) is -1.60. The highest BCUT2D eigenvalue weighted by atomic mass is 19.4. The molecule has 2 aromatic heterocycles. The number of rotatable bonds is 8. The molecule has 0 saturated carbocycles. The van der Waals surface area contributed by atoms with Crippen molar-refractivity contribution in [2.45, 2.75) is 50.8 Å². The second-order valence-corrected chi connectivity index (χ2v) is 9.98. The second-order valence-electron chi connectivity index (χ2n) is 9.98. The van der Waals surface area contributed by atoms with Crippen LogP contribution in [0, 0.1) is 11.6 Å². The summed E-state index contributed by atoms with van der Waals surface area (Å²) in [6.07, 6.45) is -2.36. The van der Waals surface area contributed by atoms with Crippen molar-refractivity contribution in [1.82, 2.24) is 24.8 Å². The van der Waals surface area contributed by atoms with E-state index in [1.54, 1.807) is 0 Å². The Labute approximate surface area is 237 Å². The van der Waals surface area contributed by atoms with Gasteiger partial charge in [0.25, 0.3) is 0 Å². The molecule has 4 rings (SSSR count). The van der Waals surface area contributed by atoms with Gasteiger partial charge in [-0.3, -0.25) is 14.9 Å². The second kappa shape index (κ2) is 12.3. The summed E-state index contributed by atoms with van der Waals surface area (Å²) in [6.45, 7) is 2.54. The molecule has 1 unspecified atom stereocenters. The molecule has 2 amide bonds. The quantitative estimate of drug-likeness (QED) is 0.377. The largest absolute Gasteiger partial charge is 0.474 e. The molecule has 0 radical (unpaired) electrons. The zero-order chi connectivity index (χ0) is 30.7. The molecule has 1 fully saturated rings. The zero-order valence-corrected chi connectivity index (χ0v) is 22.6. The highest BCUT2D eigenvalue weighted by Crippen LogP contribution is 2.35. The number of benzene rings is 1. The maximum atomic E-state index is 14.0. The number of carbonyl (C=O) groups excluding carboxylic acids is 2. The van der Waals surface area contributed by atoms with E-state index in [9.17, 15) is 36.6 Å². The molecule has 3 heterocycles. The standard InChI is InChI=1S/C27H27F5N6O4/c1-15(39)35-25-34-13-18(26(2,41)14-42-21-6-9-33-24(36-21)27(30,31)32)23(37-25)16-7-10-38(11-8-16)22(40)12-17-19(28)4-3-5-20(17)29/h3-6,9,13,16,41H,7-8,10-12,14H2,1-2H3,(H,34,35,37,39). The Balaban J connectivity index is 1.52. The molecule has 2 N–H and O–H groups in total. The van der Waals surface area contributed by atoms with Crippen LogP contribution in [0.5, 0.6) is 5.88 Å². The van der Waals surface area contributed by atoms with Crippen LogP contribution in [0.15, 0.2) is 36.7 Å². The number of aromatic nitrogens is 4. The van der Waals surface area contributed by atoms with Crippen LogP contribution in [0.4, 0.5) is 27.9 Å². The molecule has 42 heavy (non-hydrogen) atoms. The maximum absolute atomic E-state index is 14.0. The Hall–Kier alpha value is -4.27. The fourth-order valence-electron chi connectivity index (χ4n) is 4.56. The molecule has 3 aromatic rings. The van der Waals surface area contributed by atoms with E-state index in [2.05, 4.69) is 25.3 Å². The molecule has 10 nitrogen and oxygen atoms in total. The van der Waals surface area contributed by atoms with Crippen LogP contribution in [0.3, 0.4) is 0 Å². The number of carbonyl (C=O) groups is 2. The Morgan fingerprint density at radius 3 is 2.38 bits per heavy atom. The van der Waals surface area contributed by atoms with Crippen LogP contribution >= 0.6 is 0 Å². The first kappa shape index (κ1) is 30.7. The number of piperidine rings is 1. The lowest BCUT2D eigenvalue weighted by Gasteiger charge is -2.34. The monoisotopic (exact) mass is 594 g/mol. The van der Waals surface area contributed by atoms with Crippen LogP contribution in [0.2, 0.25) is 0 Å². The number of aliphatic hydroxyl groups is 1. The highest BCUT2D eigenvalue weighted by Gasteiger charge is 2.36. The fourth-order valence-corrected chi connectivity index (χ4v) is 4.56. The van der Waals surface area contributed by atoms with Crippen molar-refractivity contribution in [3.8, 4) is 5.88 Å². The number of nitrogens with one attached hydrogen (secondary N) is 1. The molecule has 1 atom stereocenters. The fraction of sp³-hybridized carbons (Fsp3) is 0.407. The van der Waals surface area contributed by atoms with Crippen LogP contribution in [-0.2, 0) is 27.8 Å². The van der Waals surface area contributed by atoms with Crippen molar-refractivity contribution < 1.29 is 41.4 Å². The number of hydrogen-bond acceptors (Lipinski definition) is 8. The zero-order valence-electron chi connectivity index (χ0n) is 22.6. The summed E-state index contributed by atoms with van der Waals surface area (Å²) in [6, 6.07) is 4.49. The van der Waals surface area contributed by atoms with E-state index in [1.807, 2.05) is 0 Å². The van der Waals surface area contributed by atoms with Gasteiger partial charge in [0.05, 0.1) is 12.1 Å². The lowest BCUT2D eigenvalue weighted by molar-refractivity contribution is -0.145. The number of anilines is 1. The molecule has 0 aliphatic carbocycles. The number of ether oxygens (including phenoxy) is 1. The first-order valence-electron chi connectivity index (χ1n) is 12.9. The predicted molar refractivity (Wildman–Crippen MR) is 137 cm³/mol. The van der Waals surface area contributed by atoms with E-state index in [4.69, 9.17) is 4.74 Å². The van der Waals surface area contributed by atoms with Gasteiger partial charge in [0, 0.05) is 55.5 Å². The minimum Gasteiger partial charge on any atom is -0.474 e. The summed E-state index contributed by atoms with van der Waals surface area (Å²) < 4.78 is 72.4. The minimum atomic E-state index is -4.79. The maximum Gasteiger partial charge on any atom is 0.451 e. The van der Waals surface area contributed by atoms with Gasteiger partial charge in [0.15, 0.2) is 0 Å². The number of amides is 2. The molecule has 1 aliphatic heterocycles. The number of alkyl halides is 3. The Bertz CT molecular complexity index is 1440. The SMILES string of the molecule is CC(=O)Nc1ncc(C(C)(O)COc2ccnc(C(F)(F)F)n2)c(C2CCN(C(=O)Cc3c(F)cccc3F)CC2)n1. The highest BCUT2D eigenvalue weighted by molar-refractivity contribution is 5.86. The topological polar surface area (TPSA) is 130 Å². The number of nitrogens with zero attached hydrogens (tertiary/aromatic N) is 5. The van der Waals surface area contributed by atoms with E-state index < -0.39 is 60.0 Å². The smallest absolute Gasteiger partial charge is 0.451 e. The Kier molecular flexibility index (Phi) is 8.99. The molecule has 1 aromatic carbocycles. The number of halogens is 5. The van der Waals surface area contributed by atoms with Crippen molar-refractivity contribution in [3.05, 3.63) is 70.9 Å². The summed E-state index contributed by atoms with van der Waals surface area (Å²) in [5, 5.41) is 13.8. The average molecular weight is 595 g/mol. The van der Waals surface area contributed by atoms with Crippen LogP contribution in [0.25, 0.3) is 0 Å². The van der Waals surface area contributed by atoms with Crippen molar-refractivity contribution >= 4 is 17.8 Å². The van der Waals surface area contributed by atoms with Crippen molar-refractivity contribution in [2.75, 3.05) is 25.0 Å². The van der Waals surface area contributed by atoms with Gasteiger partial charge >= 0.3 is 6.18 Å². The van der Waals surface area contributed by atoms with Crippen molar-refractivity contribution in [1.29, 1.82) is 0 Å². The summed E-state index contributed by atoms with van der Waals surface area (Å²) >= 11 is 0. The van der Waals surface area contributed by atoms with Crippen LogP contribution in [-0.4, -0.2) is 61.5 Å². The molecule has 15 heteroatoms. The van der Waals surface area contributed by atoms with Gasteiger partial charge < -0.3 is 14.7 Å². The predicted octanol–water partition coefficient (Wildman–Crippen LogP) is 3.76. The Morgan fingerprint density at radius 1 is 1.10 bits per heavy atom. The van der Waals surface area contributed by atoms with Crippen molar-refractivity contribution in [3.63, 3.8) is 0 Å². The van der Waals surface area contributed by atoms with Gasteiger partial charge in [0.1, 0.15) is 23.8 Å². The third-order valence-electron chi connectivity index (χ3n) is 6.70. The number of hydrogen-bond donors (Lipinski definition) is 2. The Morgan fingerprint density at radius 2 is 1.76 bits per heavy atom. The minimum absolute atomic E-state index is 0.0304. The van der Waals surface area contributed by atoms with Crippen LogP contribution in [0.1, 0.15) is 55.3 Å². The van der Waals surface area contributed by atoms with E-state index >= 15 is 0 Å². The van der Waals surface area contributed by atoms with Gasteiger partial charge in [-0.25, -0.2) is 23.7 Å². The normalized spacial score (nSPS) is 15.7.